The second-order valence-corrected chi connectivity index (χ2v) is 6.18. The molecule has 0 aromatic carbocycles. The van der Waals surface area contributed by atoms with Gasteiger partial charge in [0.05, 0.1) is 18.6 Å². The first-order valence-electron chi connectivity index (χ1n) is 7.75. The van der Waals surface area contributed by atoms with Crippen LogP contribution in [-0.4, -0.2) is 59.2 Å². The molecule has 0 spiro atoms. The summed E-state index contributed by atoms with van der Waals surface area (Å²) in [5.74, 6) is 1.54. The summed E-state index contributed by atoms with van der Waals surface area (Å²) in [6.45, 7) is 3.63. The van der Waals surface area contributed by atoms with E-state index >= 15 is 0 Å². The summed E-state index contributed by atoms with van der Waals surface area (Å²) in [6.07, 6.45) is 6.55. The van der Waals surface area contributed by atoms with Crippen molar-refractivity contribution in [3.63, 3.8) is 0 Å². The number of fused-ring (bicyclic) bond motifs is 1. The second kappa shape index (κ2) is 5.26. The molecule has 0 N–H and O–H groups in total. The molecular formula is C15H20N4O2. The van der Waals surface area contributed by atoms with Gasteiger partial charge in [-0.15, -0.1) is 0 Å². The first-order valence-corrected chi connectivity index (χ1v) is 7.75. The van der Waals surface area contributed by atoms with E-state index in [0.29, 0.717) is 12.3 Å². The number of nitrogens with zero attached hydrogens (tertiary/aromatic N) is 4. The van der Waals surface area contributed by atoms with Crippen molar-refractivity contribution in [3.05, 3.63) is 18.5 Å². The molecule has 0 saturated carbocycles. The molecule has 3 saturated heterocycles. The van der Waals surface area contributed by atoms with Gasteiger partial charge in [-0.3, -0.25) is 4.79 Å². The molecule has 1 aromatic heterocycles. The molecule has 4 heterocycles. The predicted molar refractivity (Wildman–Crippen MR) is 76.8 cm³/mol. The zero-order chi connectivity index (χ0) is 14.2. The number of amides is 1. The lowest BCUT2D eigenvalue weighted by Crippen LogP contribution is -2.43. The number of carbonyl (C=O) groups excluding carboxylic acids is 1. The van der Waals surface area contributed by atoms with Gasteiger partial charge in [0.25, 0.3) is 0 Å². The third-order valence-corrected chi connectivity index (χ3v) is 4.76. The van der Waals surface area contributed by atoms with Crippen molar-refractivity contribution in [1.29, 1.82) is 0 Å². The van der Waals surface area contributed by atoms with Gasteiger partial charge >= 0.3 is 0 Å². The molecule has 0 radical (unpaired) electrons. The molecule has 1 amide bonds. The van der Waals surface area contributed by atoms with Crippen LogP contribution >= 0.6 is 0 Å². The summed E-state index contributed by atoms with van der Waals surface area (Å²) in [5.41, 5.74) is 0. The number of rotatable bonds is 3. The number of ether oxygens (including phenoxy) is 1. The first-order chi connectivity index (χ1) is 10.3. The van der Waals surface area contributed by atoms with E-state index in [2.05, 4.69) is 14.9 Å². The summed E-state index contributed by atoms with van der Waals surface area (Å²) in [5, 5.41) is 0. The van der Waals surface area contributed by atoms with Gasteiger partial charge in [-0.1, -0.05) is 0 Å². The van der Waals surface area contributed by atoms with Crippen molar-refractivity contribution >= 4 is 11.9 Å². The van der Waals surface area contributed by atoms with Crippen molar-refractivity contribution in [2.75, 3.05) is 31.1 Å². The zero-order valence-electron chi connectivity index (χ0n) is 12.0. The lowest BCUT2D eigenvalue weighted by atomic mass is 10.0. The number of carbonyl (C=O) groups is 1. The smallest absolute Gasteiger partial charge is 0.225 e. The Hall–Kier alpha value is -1.69. The second-order valence-electron chi connectivity index (χ2n) is 6.18. The minimum Gasteiger partial charge on any atom is -0.372 e. The van der Waals surface area contributed by atoms with Crippen molar-refractivity contribution < 1.29 is 9.53 Å². The Bertz CT molecular complexity index is 506. The van der Waals surface area contributed by atoms with Gasteiger partial charge in [0.2, 0.25) is 11.9 Å². The average Bonchev–Trinajstić information content (AvgIpc) is 2.95. The molecule has 3 fully saturated rings. The monoisotopic (exact) mass is 288 g/mol. The Kier molecular flexibility index (Phi) is 3.25. The fourth-order valence-electron chi connectivity index (χ4n) is 3.50. The minimum atomic E-state index is 0.104. The molecule has 3 aliphatic heterocycles. The molecule has 6 heteroatoms. The fraction of sp³-hybridized carbons (Fsp3) is 0.667. The van der Waals surface area contributed by atoms with Gasteiger partial charge in [-0.2, -0.15) is 0 Å². The summed E-state index contributed by atoms with van der Waals surface area (Å²) in [6, 6.07) is 1.83. The molecule has 3 aliphatic rings. The molecular weight excluding hydrogens is 268 g/mol. The summed E-state index contributed by atoms with van der Waals surface area (Å²) in [4.78, 5) is 24.7. The maximum Gasteiger partial charge on any atom is 0.225 e. The van der Waals surface area contributed by atoms with E-state index in [0.717, 1.165) is 45.0 Å². The molecule has 0 aliphatic carbocycles. The molecule has 3 atom stereocenters. The molecule has 112 valence electrons. The van der Waals surface area contributed by atoms with Crippen LogP contribution in [0.25, 0.3) is 0 Å². The summed E-state index contributed by atoms with van der Waals surface area (Å²) in [7, 11) is 0. The van der Waals surface area contributed by atoms with Crippen LogP contribution in [0.2, 0.25) is 0 Å². The van der Waals surface area contributed by atoms with Crippen LogP contribution in [0.5, 0.6) is 0 Å². The highest BCUT2D eigenvalue weighted by molar-refractivity contribution is 5.77. The van der Waals surface area contributed by atoms with Crippen LogP contribution in [0.3, 0.4) is 0 Å². The zero-order valence-corrected chi connectivity index (χ0v) is 12.0. The molecule has 0 unspecified atom stereocenters. The average molecular weight is 288 g/mol. The van der Waals surface area contributed by atoms with Gasteiger partial charge in [0.15, 0.2) is 0 Å². The van der Waals surface area contributed by atoms with Crippen molar-refractivity contribution in [3.8, 4) is 0 Å². The van der Waals surface area contributed by atoms with Crippen molar-refractivity contribution in [1.82, 2.24) is 14.9 Å². The third-order valence-electron chi connectivity index (χ3n) is 4.76. The standard InChI is InChI=1S/C15H20N4O2/c20-14(18-5-2-6-18)8-12-7-11-9-19(10-13(11)21-12)15-16-3-1-4-17-15/h1,3-4,11-13H,2,5-10H2/t11-,12+,13+/m0/s1. The van der Waals surface area contributed by atoms with Gasteiger partial charge in [-0.25, -0.2) is 9.97 Å². The number of hydrogen-bond donors (Lipinski definition) is 0. The lowest BCUT2D eigenvalue weighted by Gasteiger charge is -2.31. The maximum absolute atomic E-state index is 12.0. The van der Waals surface area contributed by atoms with E-state index in [9.17, 15) is 4.79 Å². The number of aromatic nitrogens is 2. The van der Waals surface area contributed by atoms with Crippen LogP contribution in [-0.2, 0) is 9.53 Å². The highest BCUT2D eigenvalue weighted by Crippen LogP contribution is 2.35. The maximum atomic E-state index is 12.0. The Labute approximate surface area is 124 Å². The quantitative estimate of drug-likeness (QED) is 0.819. The normalized spacial score (nSPS) is 31.1. The van der Waals surface area contributed by atoms with E-state index in [1.54, 1.807) is 12.4 Å². The topological polar surface area (TPSA) is 58.6 Å². The molecule has 6 nitrogen and oxygen atoms in total. The van der Waals surface area contributed by atoms with Crippen LogP contribution in [0, 0.1) is 5.92 Å². The summed E-state index contributed by atoms with van der Waals surface area (Å²) >= 11 is 0. The Morgan fingerprint density at radius 3 is 2.76 bits per heavy atom. The lowest BCUT2D eigenvalue weighted by molar-refractivity contribution is -0.137. The van der Waals surface area contributed by atoms with E-state index in [1.165, 1.54) is 0 Å². The minimum absolute atomic E-state index is 0.104. The van der Waals surface area contributed by atoms with Crippen molar-refractivity contribution in [2.24, 2.45) is 5.92 Å². The van der Waals surface area contributed by atoms with E-state index < -0.39 is 0 Å². The van der Waals surface area contributed by atoms with Gasteiger partial charge in [0.1, 0.15) is 0 Å². The van der Waals surface area contributed by atoms with Crippen LogP contribution in [0.4, 0.5) is 5.95 Å². The molecule has 4 rings (SSSR count). The van der Waals surface area contributed by atoms with Crippen molar-refractivity contribution in [2.45, 2.75) is 31.5 Å². The number of anilines is 1. The van der Waals surface area contributed by atoms with E-state index in [4.69, 9.17) is 4.74 Å². The van der Waals surface area contributed by atoms with E-state index in [1.807, 2.05) is 11.0 Å². The molecule has 0 bridgehead atoms. The highest BCUT2D eigenvalue weighted by Gasteiger charge is 2.43. The van der Waals surface area contributed by atoms with Gasteiger partial charge < -0.3 is 14.5 Å². The summed E-state index contributed by atoms with van der Waals surface area (Å²) < 4.78 is 6.08. The van der Waals surface area contributed by atoms with Gasteiger partial charge in [-0.05, 0) is 18.9 Å². The Balaban J connectivity index is 1.32. The van der Waals surface area contributed by atoms with Crippen LogP contribution in [0.1, 0.15) is 19.3 Å². The third kappa shape index (κ3) is 2.48. The van der Waals surface area contributed by atoms with Gasteiger partial charge in [0, 0.05) is 44.5 Å². The SMILES string of the molecule is O=C(C[C@H]1C[C@H]2CN(c3ncccn3)C[C@H]2O1)N1CCC1. The highest BCUT2D eigenvalue weighted by atomic mass is 16.5. The molecule has 1 aromatic rings. The Morgan fingerprint density at radius 2 is 2.10 bits per heavy atom. The largest absolute Gasteiger partial charge is 0.372 e. The van der Waals surface area contributed by atoms with E-state index in [-0.39, 0.29) is 18.1 Å². The predicted octanol–water partition coefficient (Wildman–Crippen LogP) is 0.693. The number of likely N-dealkylation sites (tertiary alicyclic amines) is 1. The Morgan fingerprint density at radius 1 is 1.29 bits per heavy atom. The number of hydrogen-bond acceptors (Lipinski definition) is 5. The fourth-order valence-corrected chi connectivity index (χ4v) is 3.50. The molecule has 21 heavy (non-hydrogen) atoms. The van der Waals surface area contributed by atoms with Crippen LogP contribution < -0.4 is 4.90 Å². The van der Waals surface area contributed by atoms with Crippen LogP contribution in [0.15, 0.2) is 18.5 Å². The first kappa shape index (κ1) is 13.0.